The van der Waals surface area contributed by atoms with E-state index >= 15 is 0 Å². The third-order valence-corrected chi connectivity index (χ3v) is 5.62. The summed E-state index contributed by atoms with van der Waals surface area (Å²) in [6.45, 7) is 0. The van der Waals surface area contributed by atoms with E-state index in [2.05, 4.69) is 0 Å². The van der Waals surface area contributed by atoms with Gasteiger partial charge in [0.2, 0.25) is 0 Å². The van der Waals surface area contributed by atoms with Gasteiger partial charge in [0.25, 0.3) is 0 Å². The molecule has 0 saturated heterocycles. The Hall–Kier alpha value is -0.660. The van der Waals surface area contributed by atoms with Crippen molar-refractivity contribution in [2.75, 3.05) is 0 Å². The molecule has 1 aromatic carbocycles. The maximum Gasteiger partial charge on any atom is 1.00 e. The van der Waals surface area contributed by atoms with Crippen molar-refractivity contribution in [2.45, 2.75) is 44.2 Å². The molecule has 0 aliphatic heterocycles. The van der Waals surface area contributed by atoms with E-state index in [0.29, 0.717) is 25.7 Å². The van der Waals surface area contributed by atoms with E-state index in [-0.39, 0.29) is 47.8 Å². The number of benzene rings is 1. The van der Waals surface area contributed by atoms with Crippen LogP contribution >= 0.6 is 0 Å². The van der Waals surface area contributed by atoms with E-state index in [1.54, 1.807) is 0 Å². The number of carbonyl (C=O) groups is 1. The van der Waals surface area contributed by atoms with E-state index < -0.39 is 46.1 Å². The van der Waals surface area contributed by atoms with Crippen LogP contribution in [0.2, 0.25) is 0 Å². The van der Waals surface area contributed by atoms with Crippen molar-refractivity contribution in [2.24, 2.45) is 17.3 Å². The van der Waals surface area contributed by atoms with Crippen LogP contribution in [0.25, 0.3) is 0 Å². The van der Waals surface area contributed by atoms with Crippen LogP contribution in [-0.4, -0.2) is 11.6 Å². The summed E-state index contributed by atoms with van der Waals surface area (Å²) < 4.78 is 73.3. The molecule has 4 bridgehead atoms. The quantitative estimate of drug-likeness (QED) is 0.196. The van der Waals surface area contributed by atoms with Gasteiger partial charge in [0.05, 0.1) is 34.4 Å². The molecular weight excluding hydrogens is 354 g/mol. The van der Waals surface area contributed by atoms with Gasteiger partial charge in [-0.1, -0.05) is 0 Å². The molecule has 2 unspecified atom stereocenters. The van der Waals surface area contributed by atoms with Gasteiger partial charge >= 0.3 is 35.5 Å². The van der Waals surface area contributed by atoms with Crippen molar-refractivity contribution in [1.29, 1.82) is 0 Å². The van der Waals surface area contributed by atoms with E-state index in [0.717, 1.165) is 6.42 Å². The van der Waals surface area contributed by atoms with E-state index in [9.17, 15) is 26.7 Å². The second kappa shape index (κ2) is 6.20. The van der Waals surface area contributed by atoms with Gasteiger partial charge in [0, 0.05) is 0 Å². The van der Waals surface area contributed by atoms with Gasteiger partial charge in [-0.05, 0) is 50.4 Å². The molecule has 8 heteroatoms. The van der Waals surface area contributed by atoms with Gasteiger partial charge in [-0.2, -0.15) is 0 Å². The van der Waals surface area contributed by atoms with Crippen molar-refractivity contribution in [3.8, 4) is 5.75 Å². The third kappa shape index (κ3) is 3.02. The molecule has 130 valence electrons. The first-order chi connectivity index (χ1) is 11.2. The van der Waals surface area contributed by atoms with Crippen LogP contribution in [-0.2, 0) is 4.79 Å². The maximum absolute atomic E-state index is 14.8. The average Bonchev–Trinajstić information content (AvgIpc) is 2.47. The van der Waals surface area contributed by atoms with E-state index in [4.69, 9.17) is 4.74 Å². The average molecular weight is 368 g/mol. The number of esters is 1. The molecule has 4 aliphatic rings. The van der Waals surface area contributed by atoms with Crippen LogP contribution in [0.1, 0.15) is 38.5 Å². The van der Waals surface area contributed by atoms with Crippen LogP contribution < -0.4 is 34.3 Å². The van der Waals surface area contributed by atoms with Crippen molar-refractivity contribution in [3.05, 3.63) is 29.3 Å². The fourth-order valence-corrected chi connectivity index (χ4v) is 5.18. The number of hydrogen-bond donors (Lipinski definition) is 0. The van der Waals surface area contributed by atoms with E-state index in [1.807, 2.05) is 0 Å². The van der Waals surface area contributed by atoms with Crippen LogP contribution in [0.5, 0.6) is 5.75 Å². The van der Waals surface area contributed by atoms with Gasteiger partial charge in [-0.25, -0.2) is 13.2 Å². The normalized spacial score (nSPS) is 35.4. The van der Waals surface area contributed by atoms with Crippen LogP contribution in [0.3, 0.4) is 0 Å². The minimum atomic E-state index is -1.82. The Bertz CT molecular complexity index is 698. The number of alkyl halides is 1. The fourth-order valence-electron chi connectivity index (χ4n) is 5.18. The Kier molecular flexibility index (Phi) is 4.74. The molecule has 0 N–H and O–H groups in total. The Morgan fingerprint density at radius 2 is 1.52 bits per heavy atom. The molecule has 5 rings (SSSR count). The van der Waals surface area contributed by atoms with Gasteiger partial charge in [0.1, 0.15) is 5.67 Å². The summed E-state index contributed by atoms with van der Waals surface area (Å²) in [6.07, 6.45) is 2.27. The number of hydrogen-bond acceptors (Lipinski definition) is 2. The molecule has 0 heterocycles. The molecule has 4 aliphatic carbocycles. The van der Waals surface area contributed by atoms with Gasteiger partial charge in [-0.3, -0.25) is 13.6 Å². The number of carbonyl (C=O) groups excluding carboxylic acids is 1. The largest absolute Gasteiger partial charge is 1.00 e. The molecule has 25 heavy (non-hydrogen) atoms. The number of halogens is 5. The monoisotopic (exact) mass is 368 g/mol. The van der Waals surface area contributed by atoms with Gasteiger partial charge < -0.3 is 4.74 Å². The Morgan fingerprint density at radius 1 is 1.00 bits per heavy atom. The van der Waals surface area contributed by atoms with Crippen molar-refractivity contribution >= 4 is 5.97 Å². The molecular formula is C17H14F5NaO2. The molecule has 1 aromatic rings. The third-order valence-electron chi connectivity index (χ3n) is 5.62. The minimum Gasteiger partial charge on any atom is -0.447 e. The van der Waals surface area contributed by atoms with Crippen molar-refractivity contribution in [3.63, 3.8) is 0 Å². The minimum absolute atomic E-state index is 0. The predicted molar refractivity (Wildman–Crippen MR) is 71.7 cm³/mol. The SMILES string of the molecule is O=C(Oc1c(F)c(F)[c-]c(F)c1F)C12CC3CC(CC(F)(C3)C1)C2.[Na+]. The predicted octanol–water partition coefficient (Wildman–Crippen LogP) is 1.26. The molecule has 4 saturated carbocycles. The molecule has 4 fully saturated rings. The summed E-state index contributed by atoms with van der Waals surface area (Å²) in [5, 5.41) is 0. The number of rotatable bonds is 2. The second-order valence-corrected chi connectivity index (χ2v) is 7.49. The second-order valence-electron chi connectivity index (χ2n) is 7.49. The Morgan fingerprint density at radius 3 is 2.00 bits per heavy atom. The first-order valence-electron chi connectivity index (χ1n) is 7.88. The summed E-state index contributed by atoms with van der Waals surface area (Å²) >= 11 is 0. The van der Waals surface area contributed by atoms with Gasteiger partial charge in [-0.15, -0.1) is 6.07 Å². The molecule has 0 spiro atoms. The zero-order valence-electron chi connectivity index (χ0n) is 13.6. The maximum atomic E-state index is 14.8. The van der Waals surface area contributed by atoms with Crippen LogP contribution in [0, 0.1) is 46.6 Å². The molecule has 2 atom stereocenters. The fraction of sp³-hybridized carbons (Fsp3) is 0.588. The summed E-state index contributed by atoms with van der Waals surface area (Å²) in [5.74, 6) is -9.57. The number of ether oxygens (including phenoxy) is 1. The topological polar surface area (TPSA) is 26.3 Å². The standard InChI is InChI=1S/C17H14F5O2.Na/c18-10-2-11(19)13(21)14(12(10)20)24-15(23)16-3-8-1-9(4-16)6-17(22,5-8)7-16;/h8-9H,1,3-7H2;/q-1;+1. The van der Waals surface area contributed by atoms with E-state index in [1.165, 1.54) is 6.07 Å². The van der Waals surface area contributed by atoms with Crippen molar-refractivity contribution < 1.29 is 61.0 Å². The molecule has 0 radical (unpaired) electrons. The molecule has 2 nitrogen and oxygen atoms in total. The molecule has 0 aromatic heterocycles. The summed E-state index contributed by atoms with van der Waals surface area (Å²) in [6, 6.07) is 1.23. The first-order valence-corrected chi connectivity index (χ1v) is 7.88. The first kappa shape index (κ1) is 19.1. The zero-order chi connectivity index (χ0) is 17.3. The van der Waals surface area contributed by atoms with Crippen molar-refractivity contribution in [1.82, 2.24) is 0 Å². The summed E-state index contributed by atoms with van der Waals surface area (Å²) in [4.78, 5) is 12.6. The Labute approximate surface area is 163 Å². The zero-order valence-corrected chi connectivity index (χ0v) is 15.6. The smallest absolute Gasteiger partial charge is 0.447 e. The van der Waals surface area contributed by atoms with Crippen LogP contribution in [0.15, 0.2) is 0 Å². The Balaban J connectivity index is 0.00000182. The molecule has 0 amide bonds. The van der Waals surface area contributed by atoms with Crippen LogP contribution in [0.4, 0.5) is 22.0 Å². The summed E-state index contributed by atoms with van der Waals surface area (Å²) in [5.41, 5.74) is -2.65. The summed E-state index contributed by atoms with van der Waals surface area (Å²) in [7, 11) is 0. The van der Waals surface area contributed by atoms with Gasteiger partial charge in [0.15, 0.2) is 0 Å².